The van der Waals surface area contributed by atoms with Gasteiger partial charge in [-0.3, -0.25) is 15.1 Å². The first-order chi connectivity index (χ1) is 13.0. The number of nitrogens with one attached hydrogen (secondary N) is 2. The minimum atomic E-state index is -0.207. The summed E-state index contributed by atoms with van der Waals surface area (Å²) in [6, 6.07) is 9.38. The Labute approximate surface area is 155 Å². The van der Waals surface area contributed by atoms with Crippen molar-refractivity contribution in [2.24, 2.45) is 0 Å². The number of anilines is 2. The fourth-order valence-electron chi connectivity index (χ4n) is 3.21. The molecule has 2 N–H and O–H groups in total. The van der Waals surface area contributed by atoms with E-state index in [0.717, 1.165) is 33.5 Å². The molecule has 0 aliphatic carbocycles. The first kappa shape index (κ1) is 17.0. The zero-order valence-corrected chi connectivity index (χ0v) is 15.5. The monoisotopic (exact) mass is 361 g/mol. The summed E-state index contributed by atoms with van der Waals surface area (Å²) in [4.78, 5) is 28.8. The summed E-state index contributed by atoms with van der Waals surface area (Å²) in [5.41, 5.74) is 3.96. The lowest BCUT2D eigenvalue weighted by Gasteiger charge is -2.12. The molecule has 0 spiro atoms. The second-order valence-electron chi connectivity index (χ2n) is 6.45. The first-order valence-corrected chi connectivity index (χ1v) is 8.56. The number of ether oxygens (including phenoxy) is 1. The largest absolute Gasteiger partial charge is 0.496 e. The van der Waals surface area contributed by atoms with Crippen LogP contribution in [0.25, 0.3) is 21.8 Å². The lowest BCUT2D eigenvalue weighted by atomic mass is 10.1. The number of aromatic nitrogens is 4. The van der Waals surface area contributed by atoms with Crippen LogP contribution < -0.4 is 15.6 Å². The summed E-state index contributed by atoms with van der Waals surface area (Å²) < 4.78 is 5.44. The Kier molecular flexibility index (Phi) is 3.99. The van der Waals surface area contributed by atoms with Crippen LogP contribution in [-0.4, -0.2) is 27.0 Å². The smallest absolute Gasteiger partial charge is 0.260 e. The standard InChI is InChI=1S/C20H19N5O2/c1-10-6-5-7-13-16(10)22-20(24-18(13)26)25-19-21-12(3)15-14(27-4)9-8-11(2)17(15)23-19/h5-9H,1-4H3,(H2,21,22,23,24,25,26). The van der Waals surface area contributed by atoms with Crippen molar-refractivity contribution in [1.82, 2.24) is 19.9 Å². The number of benzene rings is 2. The second-order valence-corrected chi connectivity index (χ2v) is 6.45. The summed E-state index contributed by atoms with van der Waals surface area (Å²) in [5, 5.41) is 4.46. The van der Waals surface area contributed by atoms with Gasteiger partial charge < -0.3 is 4.74 Å². The number of aromatic amines is 1. The van der Waals surface area contributed by atoms with Gasteiger partial charge in [-0.1, -0.05) is 18.2 Å². The Morgan fingerprint density at radius 2 is 1.74 bits per heavy atom. The van der Waals surface area contributed by atoms with E-state index in [9.17, 15) is 4.79 Å². The normalized spacial score (nSPS) is 11.1. The number of methoxy groups -OCH3 is 1. The molecule has 2 heterocycles. The highest BCUT2D eigenvalue weighted by Gasteiger charge is 2.13. The molecule has 0 bridgehead atoms. The average Bonchev–Trinajstić information content (AvgIpc) is 2.64. The van der Waals surface area contributed by atoms with Crippen LogP contribution in [0.15, 0.2) is 35.1 Å². The fraction of sp³-hybridized carbons (Fsp3) is 0.200. The van der Waals surface area contributed by atoms with E-state index >= 15 is 0 Å². The lowest BCUT2D eigenvalue weighted by Crippen LogP contribution is -2.13. The number of H-pyrrole nitrogens is 1. The van der Waals surface area contributed by atoms with E-state index < -0.39 is 0 Å². The first-order valence-electron chi connectivity index (χ1n) is 8.56. The van der Waals surface area contributed by atoms with Gasteiger partial charge in [-0.05, 0) is 44.0 Å². The van der Waals surface area contributed by atoms with Crippen LogP contribution in [0.5, 0.6) is 5.75 Å². The van der Waals surface area contributed by atoms with Gasteiger partial charge in [-0.2, -0.15) is 0 Å². The van der Waals surface area contributed by atoms with Crippen LogP contribution in [0.1, 0.15) is 16.8 Å². The van der Waals surface area contributed by atoms with Crippen LogP contribution in [0.2, 0.25) is 0 Å². The summed E-state index contributed by atoms with van der Waals surface area (Å²) in [5.74, 6) is 1.40. The topological polar surface area (TPSA) is 92.8 Å². The maximum atomic E-state index is 12.4. The summed E-state index contributed by atoms with van der Waals surface area (Å²) in [6.07, 6.45) is 0. The molecule has 0 aliphatic rings. The molecule has 27 heavy (non-hydrogen) atoms. The molecular weight excluding hydrogens is 342 g/mol. The van der Waals surface area contributed by atoms with E-state index in [0.29, 0.717) is 22.8 Å². The van der Waals surface area contributed by atoms with Crippen LogP contribution in [0.3, 0.4) is 0 Å². The van der Waals surface area contributed by atoms with Crippen LogP contribution in [0, 0.1) is 20.8 Å². The number of nitrogens with zero attached hydrogens (tertiary/aromatic N) is 3. The van der Waals surface area contributed by atoms with Gasteiger partial charge >= 0.3 is 0 Å². The molecule has 0 saturated heterocycles. The molecule has 0 atom stereocenters. The second kappa shape index (κ2) is 6.35. The van der Waals surface area contributed by atoms with Gasteiger partial charge in [0, 0.05) is 0 Å². The Hall–Kier alpha value is -3.48. The van der Waals surface area contributed by atoms with Gasteiger partial charge in [0.25, 0.3) is 5.56 Å². The molecular formula is C20H19N5O2. The van der Waals surface area contributed by atoms with Gasteiger partial charge in [-0.15, -0.1) is 0 Å². The molecule has 0 saturated carbocycles. The number of rotatable bonds is 3. The van der Waals surface area contributed by atoms with Crippen molar-refractivity contribution in [3.63, 3.8) is 0 Å². The third-order valence-corrected chi connectivity index (χ3v) is 4.58. The highest BCUT2D eigenvalue weighted by atomic mass is 16.5. The van der Waals surface area contributed by atoms with E-state index in [1.54, 1.807) is 13.2 Å². The summed E-state index contributed by atoms with van der Waals surface area (Å²) in [7, 11) is 1.63. The Balaban J connectivity index is 1.85. The van der Waals surface area contributed by atoms with Crippen LogP contribution in [0.4, 0.5) is 11.9 Å². The van der Waals surface area contributed by atoms with Crippen molar-refractivity contribution in [3.8, 4) is 5.75 Å². The highest BCUT2D eigenvalue weighted by molar-refractivity contribution is 5.90. The molecule has 7 nitrogen and oxygen atoms in total. The molecule has 7 heteroatoms. The quantitative estimate of drug-likeness (QED) is 0.580. The van der Waals surface area contributed by atoms with Crippen LogP contribution >= 0.6 is 0 Å². The van der Waals surface area contributed by atoms with Gasteiger partial charge in [-0.25, -0.2) is 15.0 Å². The molecule has 4 aromatic rings. The third-order valence-electron chi connectivity index (χ3n) is 4.58. The van der Waals surface area contributed by atoms with Crippen molar-refractivity contribution < 1.29 is 4.74 Å². The van der Waals surface area contributed by atoms with E-state index in [-0.39, 0.29) is 5.56 Å². The van der Waals surface area contributed by atoms with E-state index in [4.69, 9.17) is 4.74 Å². The molecule has 0 fully saturated rings. The minimum absolute atomic E-state index is 0.207. The van der Waals surface area contributed by atoms with E-state index in [2.05, 4.69) is 25.3 Å². The summed E-state index contributed by atoms with van der Waals surface area (Å²) in [6.45, 7) is 5.81. The van der Waals surface area contributed by atoms with Crippen molar-refractivity contribution in [3.05, 3.63) is 57.5 Å². The summed E-state index contributed by atoms with van der Waals surface area (Å²) >= 11 is 0. The van der Waals surface area contributed by atoms with Crippen molar-refractivity contribution in [2.45, 2.75) is 20.8 Å². The number of para-hydroxylation sites is 1. The number of hydrogen-bond acceptors (Lipinski definition) is 6. The molecule has 0 aliphatic heterocycles. The van der Waals surface area contributed by atoms with Crippen molar-refractivity contribution >= 4 is 33.7 Å². The number of aryl methyl sites for hydroxylation is 3. The molecule has 0 radical (unpaired) electrons. The predicted octanol–water partition coefficient (Wildman–Crippen LogP) is 3.54. The zero-order chi connectivity index (χ0) is 19.1. The number of hydrogen-bond donors (Lipinski definition) is 2. The highest BCUT2D eigenvalue weighted by Crippen LogP contribution is 2.30. The lowest BCUT2D eigenvalue weighted by molar-refractivity contribution is 0.419. The van der Waals surface area contributed by atoms with Crippen molar-refractivity contribution in [2.75, 3.05) is 12.4 Å². The van der Waals surface area contributed by atoms with E-state index in [1.165, 1.54) is 0 Å². The zero-order valence-electron chi connectivity index (χ0n) is 15.5. The fourth-order valence-corrected chi connectivity index (χ4v) is 3.21. The van der Waals surface area contributed by atoms with Crippen molar-refractivity contribution in [1.29, 1.82) is 0 Å². The van der Waals surface area contributed by atoms with Gasteiger partial charge in [0.1, 0.15) is 5.75 Å². The molecule has 4 rings (SSSR count). The number of fused-ring (bicyclic) bond motifs is 2. The third kappa shape index (κ3) is 2.87. The minimum Gasteiger partial charge on any atom is -0.496 e. The Morgan fingerprint density at radius 3 is 2.52 bits per heavy atom. The SMILES string of the molecule is COc1ccc(C)c2nc(Nc3nc4c(C)cccc4c(=O)[nH]3)nc(C)c12. The van der Waals surface area contributed by atoms with E-state index in [1.807, 2.05) is 45.0 Å². The van der Waals surface area contributed by atoms with Gasteiger partial charge in [0.15, 0.2) is 0 Å². The molecule has 136 valence electrons. The van der Waals surface area contributed by atoms with Gasteiger partial charge in [0.2, 0.25) is 11.9 Å². The Bertz CT molecular complexity index is 1250. The molecule has 0 amide bonds. The Morgan fingerprint density at radius 1 is 0.963 bits per heavy atom. The predicted molar refractivity (Wildman–Crippen MR) is 106 cm³/mol. The molecule has 0 unspecified atom stereocenters. The maximum absolute atomic E-state index is 12.4. The van der Waals surface area contributed by atoms with Gasteiger partial charge in [0.05, 0.1) is 34.6 Å². The van der Waals surface area contributed by atoms with Crippen LogP contribution in [-0.2, 0) is 0 Å². The average molecular weight is 361 g/mol. The molecule has 2 aromatic heterocycles. The molecule has 2 aromatic carbocycles. The maximum Gasteiger partial charge on any atom is 0.260 e.